The van der Waals surface area contributed by atoms with Crippen molar-refractivity contribution in [2.75, 3.05) is 17.7 Å². The maximum Gasteiger partial charge on any atom is 0.257 e. The molecule has 0 spiro atoms. The summed E-state index contributed by atoms with van der Waals surface area (Å²) in [7, 11) is 1.73. The number of nitrogens with zero attached hydrogens (tertiary/aromatic N) is 2. The fourth-order valence-electron chi connectivity index (χ4n) is 1.53. The van der Waals surface area contributed by atoms with Crippen LogP contribution in [-0.4, -0.2) is 22.9 Å². The molecule has 0 aliphatic heterocycles. The maximum absolute atomic E-state index is 12.2. The van der Waals surface area contributed by atoms with Gasteiger partial charge >= 0.3 is 0 Å². The Morgan fingerprint density at radius 2 is 1.79 bits per heavy atom. The number of rotatable bonds is 3. The number of hydrogen-bond acceptors (Lipinski definition) is 4. The molecule has 0 radical (unpaired) electrons. The largest absolute Gasteiger partial charge is 0.387 e. The van der Waals surface area contributed by atoms with Crippen LogP contribution in [0.25, 0.3) is 0 Å². The van der Waals surface area contributed by atoms with E-state index < -0.39 is 0 Å². The van der Waals surface area contributed by atoms with E-state index in [1.165, 1.54) is 6.33 Å². The predicted molar refractivity (Wildman–Crippen MR) is 76.0 cm³/mol. The molecule has 0 saturated carbocycles. The molecule has 0 bridgehead atoms. The number of carbonyl (C=O) groups is 1. The molecule has 2 rings (SSSR count). The molecule has 19 heavy (non-hydrogen) atoms. The summed E-state index contributed by atoms with van der Waals surface area (Å²) in [5.74, 6) is -0.344. The van der Waals surface area contributed by atoms with Crippen molar-refractivity contribution in [1.29, 1.82) is 0 Å². The molecule has 0 unspecified atom stereocenters. The lowest BCUT2D eigenvalue weighted by Gasteiger charge is -2.10. The van der Waals surface area contributed by atoms with Crippen LogP contribution in [0, 0.1) is 0 Å². The molecule has 1 aromatic heterocycles. The van der Waals surface area contributed by atoms with Gasteiger partial charge in [0.2, 0.25) is 0 Å². The van der Waals surface area contributed by atoms with Crippen molar-refractivity contribution in [1.82, 2.24) is 9.97 Å². The van der Waals surface area contributed by atoms with E-state index in [-0.39, 0.29) is 21.9 Å². The zero-order valence-electron chi connectivity index (χ0n) is 9.95. The lowest BCUT2D eigenvalue weighted by atomic mass is 10.1. The predicted octanol–water partition coefficient (Wildman–Crippen LogP) is 3.08. The first-order chi connectivity index (χ1) is 9.13. The van der Waals surface area contributed by atoms with Gasteiger partial charge in [-0.05, 0) is 12.1 Å². The van der Waals surface area contributed by atoms with Crippen molar-refractivity contribution in [2.45, 2.75) is 0 Å². The average Bonchev–Trinajstić information content (AvgIpc) is 2.42. The molecular formula is C12H10Cl2N4O. The van der Waals surface area contributed by atoms with Crippen molar-refractivity contribution >= 4 is 40.5 Å². The molecule has 2 N–H and O–H groups in total. The molecule has 0 aliphatic carbocycles. The van der Waals surface area contributed by atoms with Crippen molar-refractivity contribution in [2.24, 2.45) is 0 Å². The summed E-state index contributed by atoms with van der Waals surface area (Å²) in [6.45, 7) is 0. The van der Waals surface area contributed by atoms with E-state index in [1.54, 1.807) is 25.2 Å². The highest BCUT2D eigenvalue weighted by atomic mass is 35.5. The Hall–Kier alpha value is -1.85. The van der Waals surface area contributed by atoms with Crippen LogP contribution >= 0.6 is 23.2 Å². The Morgan fingerprint density at radius 3 is 2.42 bits per heavy atom. The Balaban J connectivity index is 2.31. The SMILES string of the molecule is CNc1ccccc1C(=O)Nc1c(Cl)ncnc1Cl. The molecule has 2 aromatic rings. The fraction of sp³-hybridized carbons (Fsp3) is 0.0833. The van der Waals surface area contributed by atoms with E-state index in [4.69, 9.17) is 23.2 Å². The summed E-state index contributed by atoms with van der Waals surface area (Å²) >= 11 is 11.7. The van der Waals surface area contributed by atoms with Crippen molar-refractivity contribution in [3.63, 3.8) is 0 Å². The van der Waals surface area contributed by atoms with Crippen LogP contribution in [0.2, 0.25) is 10.3 Å². The second kappa shape index (κ2) is 5.86. The Labute approximate surface area is 120 Å². The zero-order valence-corrected chi connectivity index (χ0v) is 11.5. The first kappa shape index (κ1) is 13.6. The monoisotopic (exact) mass is 296 g/mol. The molecular weight excluding hydrogens is 287 g/mol. The molecule has 1 aromatic carbocycles. The van der Waals surface area contributed by atoms with Crippen LogP contribution in [0.5, 0.6) is 0 Å². The van der Waals surface area contributed by atoms with Crippen LogP contribution in [0.4, 0.5) is 11.4 Å². The third-order valence-electron chi connectivity index (χ3n) is 2.43. The van der Waals surface area contributed by atoms with Gasteiger partial charge in [-0.1, -0.05) is 35.3 Å². The standard InChI is InChI=1S/C12H10Cl2N4O/c1-15-8-5-3-2-4-7(8)12(19)18-9-10(13)16-6-17-11(9)14/h2-6,15H,1H3,(H,18,19). The second-order valence-electron chi connectivity index (χ2n) is 3.58. The van der Waals surface area contributed by atoms with Crippen molar-refractivity contribution < 1.29 is 4.79 Å². The highest BCUT2D eigenvalue weighted by molar-refractivity contribution is 6.38. The van der Waals surface area contributed by atoms with Gasteiger partial charge in [-0.15, -0.1) is 0 Å². The molecule has 0 aliphatic rings. The minimum atomic E-state index is -0.344. The quantitative estimate of drug-likeness (QED) is 0.854. The molecule has 1 heterocycles. The molecule has 0 atom stereocenters. The lowest BCUT2D eigenvalue weighted by Crippen LogP contribution is -2.15. The van der Waals surface area contributed by atoms with Gasteiger partial charge < -0.3 is 10.6 Å². The van der Waals surface area contributed by atoms with Crippen molar-refractivity contribution in [3.05, 3.63) is 46.5 Å². The fourth-order valence-corrected chi connectivity index (χ4v) is 1.94. The zero-order chi connectivity index (χ0) is 13.8. The minimum absolute atomic E-state index is 0.0929. The summed E-state index contributed by atoms with van der Waals surface area (Å²) in [4.78, 5) is 19.7. The normalized spacial score (nSPS) is 10.1. The molecule has 0 fully saturated rings. The number of carbonyl (C=O) groups excluding carboxylic acids is 1. The smallest absolute Gasteiger partial charge is 0.257 e. The number of nitrogens with one attached hydrogen (secondary N) is 2. The van der Waals surface area contributed by atoms with Gasteiger partial charge in [-0.25, -0.2) is 9.97 Å². The summed E-state index contributed by atoms with van der Waals surface area (Å²) in [6, 6.07) is 7.07. The van der Waals surface area contributed by atoms with Crippen LogP contribution in [0.3, 0.4) is 0 Å². The van der Waals surface area contributed by atoms with Gasteiger partial charge in [0, 0.05) is 12.7 Å². The summed E-state index contributed by atoms with van der Waals surface area (Å²) in [5, 5.41) is 5.72. The van der Waals surface area contributed by atoms with Crippen LogP contribution in [-0.2, 0) is 0 Å². The van der Waals surface area contributed by atoms with Crippen LogP contribution in [0.1, 0.15) is 10.4 Å². The van der Waals surface area contributed by atoms with Gasteiger partial charge in [0.05, 0.1) is 5.56 Å². The van der Waals surface area contributed by atoms with E-state index in [1.807, 2.05) is 6.07 Å². The second-order valence-corrected chi connectivity index (χ2v) is 4.30. The number of aromatic nitrogens is 2. The highest BCUT2D eigenvalue weighted by Crippen LogP contribution is 2.27. The van der Waals surface area contributed by atoms with Gasteiger partial charge in [0.25, 0.3) is 5.91 Å². The molecule has 98 valence electrons. The van der Waals surface area contributed by atoms with Gasteiger partial charge in [-0.3, -0.25) is 4.79 Å². The average molecular weight is 297 g/mol. The van der Waals surface area contributed by atoms with E-state index in [0.717, 1.165) is 0 Å². The summed E-state index contributed by atoms with van der Waals surface area (Å²) < 4.78 is 0. The first-order valence-electron chi connectivity index (χ1n) is 5.37. The number of para-hydroxylation sites is 1. The van der Waals surface area contributed by atoms with E-state index >= 15 is 0 Å². The van der Waals surface area contributed by atoms with E-state index in [2.05, 4.69) is 20.6 Å². The maximum atomic E-state index is 12.2. The Bertz CT molecular complexity index is 598. The summed E-state index contributed by atoms with van der Waals surface area (Å²) in [5.41, 5.74) is 1.37. The third kappa shape index (κ3) is 2.94. The number of anilines is 2. The first-order valence-corrected chi connectivity index (χ1v) is 6.13. The number of hydrogen-bond donors (Lipinski definition) is 2. The van der Waals surface area contributed by atoms with Gasteiger partial charge in [0.15, 0.2) is 10.3 Å². The Kier molecular flexibility index (Phi) is 4.19. The summed E-state index contributed by atoms with van der Waals surface area (Å²) in [6.07, 6.45) is 1.22. The number of benzene rings is 1. The molecule has 7 heteroatoms. The van der Waals surface area contributed by atoms with Crippen LogP contribution < -0.4 is 10.6 Å². The highest BCUT2D eigenvalue weighted by Gasteiger charge is 2.15. The van der Waals surface area contributed by atoms with E-state index in [9.17, 15) is 4.79 Å². The van der Waals surface area contributed by atoms with Crippen LogP contribution in [0.15, 0.2) is 30.6 Å². The lowest BCUT2D eigenvalue weighted by molar-refractivity contribution is 0.102. The topological polar surface area (TPSA) is 66.9 Å². The third-order valence-corrected chi connectivity index (χ3v) is 3.01. The molecule has 0 saturated heterocycles. The molecule has 5 nitrogen and oxygen atoms in total. The van der Waals surface area contributed by atoms with E-state index in [0.29, 0.717) is 11.3 Å². The molecule has 1 amide bonds. The number of halogens is 2. The van der Waals surface area contributed by atoms with Gasteiger partial charge in [-0.2, -0.15) is 0 Å². The number of amides is 1. The van der Waals surface area contributed by atoms with Gasteiger partial charge in [0.1, 0.15) is 12.0 Å². The Morgan fingerprint density at radius 1 is 1.16 bits per heavy atom. The van der Waals surface area contributed by atoms with Crippen molar-refractivity contribution in [3.8, 4) is 0 Å². The minimum Gasteiger partial charge on any atom is -0.387 e.